The number of hydrogen-bond donors (Lipinski definition) is 1. The zero-order valence-electron chi connectivity index (χ0n) is 17.0. The molecule has 1 aliphatic rings. The lowest BCUT2D eigenvalue weighted by Gasteiger charge is -2.34. The molecule has 1 saturated heterocycles. The van der Waals surface area contributed by atoms with E-state index in [9.17, 15) is 18.0 Å². The van der Waals surface area contributed by atoms with Crippen molar-refractivity contribution in [1.29, 1.82) is 0 Å². The Morgan fingerprint density at radius 2 is 1.57 bits per heavy atom. The molecule has 0 aliphatic carbocycles. The summed E-state index contributed by atoms with van der Waals surface area (Å²) in [5.41, 5.74) is 1.44. The number of carbonyl (C=O) groups excluding carboxylic acids is 2. The van der Waals surface area contributed by atoms with Crippen LogP contribution >= 0.6 is 22.7 Å². The molecule has 0 unspecified atom stereocenters. The maximum atomic E-state index is 12.6. The van der Waals surface area contributed by atoms with Crippen LogP contribution in [-0.4, -0.2) is 77.9 Å². The van der Waals surface area contributed by atoms with Crippen LogP contribution in [0.2, 0.25) is 0 Å². The molecule has 1 fully saturated rings. The van der Waals surface area contributed by atoms with Gasteiger partial charge in [0.25, 0.3) is 0 Å². The summed E-state index contributed by atoms with van der Waals surface area (Å²) in [5.74, 6) is -0.453. The first-order chi connectivity index (χ1) is 14.2. The summed E-state index contributed by atoms with van der Waals surface area (Å²) in [7, 11) is -3.50. The SMILES string of the molecule is Cc1nc(CC(=O)NCCS(=O)(=O)N2CCN(C(=O)Cc3csc(C)n3)CC2)cs1. The predicted molar refractivity (Wildman–Crippen MR) is 116 cm³/mol. The van der Waals surface area contributed by atoms with Gasteiger partial charge in [0.05, 0.1) is 40.0 Å². The Labute approximate surface area is 184 Å². The van der Waals surface area contributed by atoms with Crippen LogP contribution in [0.25, 0.3) is 0 Å². The highest BCUT2D eigenvalue weighted by molar-refractivity contribution is 7.89. The highest BCUT2D eigenvalue weighted by atomic mass is 32.2. The average Bonchev–Trinajstić information content (AvgIpc) is 3.29. The molecule has 2 amide bonds. The summed E-state index contributed by atoms with van der Waals surface area (Å²) in [6, 6.07) is 0. The van der Waals surface area contributed by atoms with Crippen LogP contribution in [0, 0.1) is 13.8 Å². The van der Waals surface area contributed by atoms with E-state index in [1.54, 1.807) is 4.90 Å². The number of aromatic nitrogens is 2. The largest absolute Gasteiger partial charge is 0.355 e. The van der Waals surface area contributed by atoms with Gasteiger partial charge in [0, 0.05) is 43.5 Å². The first-order valence-electron chi connectivity index (χ1n) is 9.57. The second-order valence-corrected chi connectivity index (χ2v) is 11.2. The van der Waals surface area contributed by atoms with Gasteiger partial charge in [0.2, 0.25) is 21.8 Å². The molecule has 0 aromatic carbocycles. The molecule has 0 bridgehead atoms. The zero-order chi connectivity index (χ0) is 21.7. The highest BCUT2D eigenvalue weighted by Crippen LogP contribution is 2.13. The topological polar surface area (TPSA) is 113 Å². The molecule has 0 saturated carbocycles. The van der Waals surface area contributed by atoms with E-state index in [1.807, 2.05) is 24.6 Å². The predicted octanol–water partition coefficient (Wildman–Crippen LogP) is 0.592. The lowest BCUT2D eigenvalue weighted by atomic mass is 10.2. The first kappa shape index (κ1) is 22.8. The van der Waals surface area contributed by atoms with Crippen LogP contribution in [-0.2, 0) is 32.5 Å². The summed E-state index contributed by atoms with van der Waals surface area (Å²) in [6.45, 7) is 5.04. The maximum Gasteiger partial charge on any atom is 0.228 e. The van der Waals surface area contributed by atoms with Crippen molar-refractivity contribution in [3.63, 3.8) is 0 Å². The third-order valence-corrected chi connectivity index (χ3v) is 8.19. The van der Waals surface area contributed by atoms with Crippen molar-refractivity contribution in [2.75, 3.05) is 38.5 Å². The monoisotopic (exact) mass is 471 g/mol. The smallest absolute Gasteiger partial charge is 0.228 e. The third-order valence-electron chi connectivity index (χ3n) is 4.67. The zero-order valence-corrected chi connectivity index (χ0v) is 19.4. The van der Waals surface area contributed by atoms with Gasteiger partial charge < -0.3 is 10.2 Å². The second kappa shape index (κ2) is 9.94. The highest BCUT2D eigenvalue weighted by Gasteiger charge is 2.28. The van der Waals surface area contributed by atoms with Crippen molar-refractivity contribution < 1.29 is 18.0 Å². The molecule has 3 rings (SSSR count). The molecule has 2 aromatic rings. The molecule has 12 heteroatoms. The van der Waals surface area contributed by atoms with E-state index in [0.29, 0.717) is 18.8 Å². The number of hydrogen-bond acceptors (Lipinski definition) is 8. The van der Waals surface area contributed by atoms with Crippen molar-refractivity contribution in [3.8, 4) is 0 Å². The van der Waals surface area contributed by atoms with Crippen LogP contribution in [0.15, 0.2) is 10.8 Å². The molecule has 0 radical (unpaired) electrons. The van der Waals surface area contributed by atoms with Gasteiger partial charge in [-0.25, -0.2) is 18.4 Å². The molecular weight excluding hydrogens is 446 g/mol. The molecule has 30 heavy (non-hydrogen) atoms. The molecule has 3 heterocycles. The molecule has 164 valence electrons. The van der Waals surface area contributed by atoms with Crippen molar-refractivity contribution >= 4 is 44.5 Å². The van der Waals surface area contributed by atoms with Gasteiger partial charge in [0.1, 0.15) is 0 Å². The van der Waals surface area contributed by atoms with Crippen molar-refractivity contribution in [1.82, 2.24) is 24.5 Å². The molecule has 1 N–H and O–H groups in total. The van der Waals surface area contributed by atoms with Crippen LogP contribution in [0.1, 0.15) is 21.4 Å². The van der Waals surface area contributed by atoms with Gasteiger partial charge >= 0.3 is 0 Å². The van der Waals surface area contributed by atoms with E-state index in [1.165, 1.54) is 27.0 Å². The average molecular weight is 472 g/mol. The lowest BCUT2D eigenvalue weighted by molar-refractivity contribution is -0.131. The van der Waals surface area contributed by atoms with E-state index in [0.717, 1.165) is 15.7 Å². The summed E-state index contributed by atoms with van der Waals surface area (Å²) < 4.78 is 26.5. The number of sulfonamides is 1. The fraction of sp³-hybridized carbons (Fsp3) is 0.556. The number of carbonyl (C=O) groups is 2. The number of amides is 2. The third kappa shape index (κ3) is 6.30. The number of rotatable bonds is 8. The second-order valence-electron chi connectivity index (χ2n) is 7.02. The Balaban J connectivity index is 1.40. The fourth-order valence-electron chi connectivity index (χ4n) is 3.14. The Hall–Kier alpha value is -1.89. The Morgan fingerprint density at radius 3 is 2.10 bits per heavy atom. The van der Waals surface area contributed by atoms with Crippen LogP contribution in [0.4, 0.5) is 0 Å². The number of nitrogens with one attached hydrogen (secondary N) is 1. The summed E-state index contributed by atoms with van der Waals surface area (Å²) in [5, 5.41) is 8.14. The molecule has 0 spiro atoms. The standard InChI is InChI=1S/C18H25N5O4S3/c1-13-20-15(11-28-13)9-17(24)19-3-8-30(26,27)23-6-4-22(5-7-23)18(25)10-16-12-29-14(2)21-16/h11-12H,3-10H2,1-2H3,(H,19,24). The van der Waals surface area contributed by atoms with E-state index in [4.69, 9.17) is 0 Å². The normalized spacial score (nSPS) is 15.3. The maximum absolute atomic E-state index is 12.6. The molecule has 1 aliphatic heterocycles. The molecule has 0 atom stereocenters. The molecule has 2 aromatic heterocycles. The van der Waals surface area contributed by atoms with Crippen molar-refractivity contribution in [2.24, 2.45) is 0 Å². The Bertz CT molecular complexity index is 993. The number of piperazine rings is 1. The fourth-order valence-corrected chi connectivity index (χ4v) is 5.70. The van der Waals surface area contributed by atoms with Crippen LogP contribution < -0.4 is 5.32 Å². The lowest BCUT2D eigenvalue weighted by Crippen LogP contribution is -2.52. The summed E-state index contributed by atoms with van der Waals surface area (Å²) >= 11 is 2.98. The number of nitrogens with zero attached hydrogens (tertiary/aromatic N) is 4. The molecule has 9 nitrogen and oxygen atoms in total. The number of thiazole rings is 2. The van der Waals surface area contributed by atoms with E-state index >= 15 is 0 Å². The Kier molecular flexibility index (Phi) is 7.55. The van der Waals surface area contributed by atoms with E-state index in [2.05, 4.69) is 15.3 Å². The Morgan fingerprint density at radius 1 is 1.00 bits per heavy atom. The van der Waals surface area contributed by atoms with Gasteiger partial charge in [-0.2, -0.15) is 4.31 Å². The first-order valence-corrected chi connectivity index (χ1v) is 12.9. The van der Waals surface area contributed by atoms with E-state index < -0.39 is 10.0 Å². The van der Waals surface area contributed by atoms with Crippen LogP contribution in [0.5, 0.6) is 0 Å². The van der Waals surface area contributed by atoms with Gasteiger partial charge in [-0.3, -0.25) is 9.59 Å². The van der Waals surface area contributed by atoms with Crippen molar-refractivity contribution in [2.45, 2.75) is 26.7 Å². The number of aryl methyl sites for hydroxylation is 2. The van der Waals surface area contributed by atoms with Gasteiger partial charge in [-0.05, 0) is 13.8 Å². The minimum absolute atomic E-state index is 0.0399. The summed E-state index contributed by atoms with van der Waals surface area (Å²) in [4.78, 5) is 34.6. The van der Waals surface area contributed by atoms with Crippen molar-refractivity contribution in [3.05, 3.63) is 32.2 Å². The minimum atomic E-state index is -3.50. The van der Waals surface area contributed by atoms with E-state index in [-0.39, 0.29) is 50.0 Å². The molecular formula is C18H25N5O4S3. The van der Waals surface area contributed by atoms with Crippen LogP contribution in [0.3, 0.4) is 0 Å². The van der Waals surface area contributed by atoms with Gasteiger partial charge in [0.15, 0.2) is 0 Å². The van der Waals surface area contributed by atoms with Gasteiger partial charge in [-0.15, -0.1) is 22.7 Å². The van der Waals surface area contributed by atoms with Gasteiger partial charge in [-0.1, -0.05) is 0 Å². The summed E-state index contributed by atoms with van der Waals surface area (Å²) in [6.07, 6.45) is 0.380. The minimum Gasteiger partial charge on any atom is -0.355 e. The quantitative estimate of drug-likeness (QED) is 0.603.